The fraction of sp³-hybridized carbons (Fsp3) is 0.429. The molecule has 0 bridgehead atoms. The molecular weight excluding hydrogens is 386 g/mol. The number of rotatable bonds is 10. The highest BCUT2D eigenvalue weighted by Gasteiger charge is 2.20. The molecule has 29 heavy (non-hydrogen) atoms. The second-order valence-electron chi connectivity index (χ2n) is 6.80. The Morgan fingerprint density at radius 3 is 2.90 bits per heavy atom. The van der Waals surface area contributed by atoms with Crippen LogP contribution in [0.25, 0.3) is 16.5 Å². The van der Waals surface area contributed by atoms with Gasteiger partial charge in [0.25, 0.3) is 11.9 Å². The Morgan fingerprint density at radius 2 is 2.17 bits per heavy atom. The number of aryl methyl sites for hydroxylation is 1. The molecule has 0 saturated carbocycles. The van der Waals surface area contributed by atoms with Gasteiger partial charge < -0.3 is 10.1 Å². The van der Waals surface area contributed by atoms with Crippen LogP contribution in [0, 0.1) is 6.92 Å². The van der Waals surface area contributed by atoms with Gasteiger partial charge in [-0.15, -0.1) is 11.3 Å². The number of nitrogens with zero attached hydrogens (tertiary/aromatic N) is 4. The Labute approximate surface area is 175 Å². The van der Waals surface area contributed by atoms with Crippen molar-refractivity contribution >= 4 is 17.2 Å². The smallest absolute Gasteiger partial charge is 0.254 e. The number of carbonyl (C=O) groups is 1. The summed E-state index contributed by atoms with van der Waals surface area (Å²) in [5.41, 5.74) is 3.33. The molecule has 0 radical (unpaired) electrons. The number of unbranched alkanes of at least 4 members (excludes halogenated alkanes) is 1. The number of amides is 1. The number of nitrogens with one attached hydrogen (secondary N) is 1. The van der Waals surface area contributed by atoms with Crippen molar-refractivity contribution in [3.8, 4) is 16.5 Å². The van der Waals surface area contributed by atoms with Gasteiger partial charge in [0.05, 0.1) is 28.0 Å². The van der Waals surface area contributed by atoms with Crippen LogP contribution in [-0.4, -0.2) is 45.9 Å². The Kier molecular flexibility index (Phi) is 7.48. The van der Waals surface area contributed by atoms with Crippen LogP contribution in [-0.2, 0) is 11.2 Å². The van der Waals surface area contributed by atoms with Crippen molar-refractivity contribution in [2.75, 3.05) is 20.3 Å². The lowest BCUT2D eigenvalue weighted by atomic mass is 10.1. The maximum Gasteiger partial charge on any atom is 0.254 e. The zero-order valence-corrected chi connectivity index (χ0v) is 18.0. The van der Waals surface area contributed by atoms with Crippen molar-refractivity contribution in [3.63, 3.8) is 0 Å². The first-order valence-electron chi connectivity index (χ1n) is 9.87. The molecule has 7 nitrogen and oxygen atoms in total. The molecule has 0 aliphatic carbocycles. The third kappa shape index (κ3) is 5.07. The van der Waals surface area contributed by atoms with Gasteiger partial charge in [0.2, 0.25) is 0 Å². The van der Waals surface area contributed by atoms with Gasteiger partial charge in [0.15, 0.2) is 0 Å². The molecule has 0 fully saturated rings. The van der Waals surface area contributed by atoms with Crippen molar-refractivity contribution in [3.05, 3.63) is 46.7 Å². The first-order chi connectivity index (χ1) is 14.2. The van der Waals surface area contributed by atoms with Gasteiger partial charge in [-0.05, 0) is 43.2 Å². The average molecular weight is 414 g/mol. The standard InChI is InChI=1S/C21H27N5O2S/c1-4-5-8-17-16(20(27)22-10-7-11-28-3)14-24-26(17)21-23-13-15(2)19(25-21)18-9-6-12-29-18/h6,9,12-14H,4-5,7-8,10-11H2,1-3H3,(H,22,27). The van der Waals surface area contributed by atoms with E-state index in [1.807, 2.05) is 30.6 Å². The maximum atomic E-state index is 12.7. The minimum absolute atomic E-state index is 0.121. The number of methoxy groups -OCH3 is 1. The molecule has 1 N–H and O–H groups in total. The van der Waals surface area contributed by atoms with Gasteiger partial charge in [-0.2, -0.15) is 5.10 Å². The summed E-state index contributed by atoms with van der Waals surface area (Å²) in [6, 6.07) is 4.05. The van der Waals surface area contributed by atoms with E-state index in [0.717, 1.165) is 47.5 Å². The largest absolute Gasteiger partial charge is 0.385 e. The van der Waals surface area contributed by atoms with Crippen molar-refractivity contribution in [1.29, 1.82) is 0 Å². The molecule has 0 spiro atoms. The summed E-state index contributed by atoms with van der Waals surface area (Å²) in [6.07, 6.45) is 6.92. The van der Waals surface area contributed by atoms with Crippen LogP contribution in [0.2, 0.25) is 0 Å². The lowest BCUT2D eigenvalue weighted by Gasteiger charge is -2.10. The third-order valence-electron chi connectivity index (χ3n) is 4.59. The fourth-order valence-electron chi connectivity index (χ4n) is 3.03. The number of carbonyl (C=O) groups excluding carboxylic acids is 1. The molecule has 0 atom stereocenters. The van der Waals surface area contributed by atoms with Gasteiger partial charge in [0.1, 0.15) is 0 Å². The zero-order valence-electron chi connectivity index (χ0n) is 17.1. The molecule has 1 amide bonds. The number of aromatic nitrogens is 4. The van der Waals surface area contributed by atoms with Crippen molar-refractivity contribution in [2.45, 2.75) is 39.5 Å². The average Bonchev–Trinajstić information content (AvgIpc) is 3.40. The second kappa shape index (κ2) is 10.3. The van der Waals surface area contributed by atoms with E-state index in [9.17, 15) is 4.79 Å². The Hall–Kier alpha value is -2.58. The van der Waals surface area contributed by atoms with Crippen LogP contribution in [0.4, 0.5) is 0 Å². The number of hydrogen-bond donors (Lipinski definition) is 1. The molecule has 3 aromatic heterocycles. The zero-order chi connectivity index (χ0) is 20.6. The first-order valence-corrected chi connectivity index (χ1v) is 10.8. The summed E-state index contributed by atoms with van der Waals surface area (Å²) in [5, 5.41) is 9.44. The molecule has 8 heteroatoms. The van der Waals surface area contributed by atoms with Gasteiger partial charge >= 0.3 is 0 Å². The first kappa shape index (κ1) is 21.1. The number of ether oxygens (including phenoxy) is 1. The SMILES string of the molecule is CCCCc1c(C(=O)NCCCOC)cnn1-c1ncc(C)c(-c2cccs2)n1. The summed E-state index contributed by atoms with van der Waals surface area (Å²) < 4.78 is 6.74. The van der Waals surface area contributed by atoms with Crippen LogP contribution in [0.1, 0.15) is 47.8 Å². The summed E-state index contributed by atoms with van der Waals surface area (Å²) in [6.45, 7) is 5.31. The minimum atomic E-state index is -0.121. The second-order valence-corrected chi connectivity index (χ2v) is 7.75. The van der Waals surface area contributed by atoms with Gasteiger partial charge in [-0.3, -0.25) is 4.79 Å². The van der Waals surface area contributed by atoms with E-state index in [-0.39, 0.29) is 5.91 Å². The van der Waals surface area contributed by atoms with Crippen LogP contribution < -0.4 is 5.32 Å². The van der Waals surface area contributed by atoms with E-state index in [4.69, 9.17) is 9.72 Å². The quantitative estimate of drug-likeness (QED) is 0.511. The lowest BCUT2D eigenvalue weighted by molar-refractivity contribution is 0.0947. The lowest BCUT2D eigenvalue weighted by Crippen LogP contribution is -2.26. The molecule has 154 valence electrons. The van der Waals surface area contributed by atoms with E-state index in [1.165, 1.54) is 0 Å². The monoisotopic (exact) mass is 413 g/mol. The van der Waals surface area contributed by atoms with E-state index >= 15 is 0 Å². The minimum Gasteiger partial charge on any atom is -0.385 e. The van der Waals surface area contributed by atoms with Gasteiger partial charge in [-0.25, -0.2) is 14.6 Å². The van der Waals surface area contributed by atoms with Gasteiger partial charge in [-0.1, -0.05) is 19.4 Å². The highest BCUT2D eigenvalue weighted by atomic mass is 32.1. The molecular formula is C21H27N5O2S. The summed E-state index contributed by atoms with van der Waals surface area (Å²) in [7, 11) is 1.65. The van der Waals surface area contributed by atoms with Crippen LogP contribution in [0.5, 0.6) is 0 Å². The molecule has 3 aromatic rings. The van der Waals surface area contributed by atoms with Crippen molar-refractivity contribution in [1.82, 2.24) is 25.1 Å². The molecule has 0 aromatic carbocycles. The molecule has 3 rings (SSSR count). The fourth-order valence-corrected chi connectivity index (χ4v) is 3.81. The Morgan fingerprint density at radius 1 is 1.31 bits per heavy atom. The molecule has 3 heterocycles. The van der Waals surface area contributed by atoms with Crippen LogP contribution in [0.15, 0.2) is 29.9 Å². The van der Waals surface area contributed by atoms with Crippen molar-refractivity contribution in [2.24, 2.45) is 0 Å². The summed E-state index contributed by atoms with van der Waals surface area (Å²) >= 11 is 1.64. The Balaban J connectivity index is 1.92. The molecule has 0 unspecified atom stereocenters. The molecule has 0 saturated heterocycles. The predicted molar refractivity (Wildman–Crippen MR) is 115 cm³/mol. The highest BCUT2D eigenvalue weighted by Crippen LogP contribution is 2.26. The Bertz CT molecular complexity index is 937. The van der Waals surface area contributed by atoms with E-state index in [2.05, 4.69) is 22.3 Å². The highest BCUT2D eigenvalue weighted by molar-refractivity contribution is 7.13. The van der Waals surface area contributed by atoms with Crippen LogP contribution in [0.3, 0.4) is 0 Å². The summed E-state index contributed by atoms with van der Waals surface area (Å²) in [4.78, 5) is 23.0. The topological polar surface area (TPSA) is 81.9 Å². The number of hydrogen-bond acceptors (Lipinski definition) is 6. The predicted octanol–water partition coefficient (Wildman–Crippen LogP) is 3.81. The van der Waals surface area contributed by atoms with Crippen molar-refractivity contribution < 1.29 is 9.53 Å². The maximum absolute atomic E-state index is 12.7. The number of thiophene rings is 1. The summed E-state index contributed by atoms with van der Waals surface area (Å²) in [5.74, 6) is 0.368. The van der Waals surface area contributed by atoms with Crippen LogP contribution >= 0.6 is 11.3 Å². The van der Waals surface area contributed by atoms with E-state index in [1.54, 1.807) is 29.3 Å². The van der Waals surface area contributed by atoms with Gasteiger partial charge in [0, 0.05) is 26.5 Å². The molecule has 0 aliphatic heterocycles. The molecule has 0 aliphatic rings. The van der Waals surface area contributed by atoms with E-state index < -0.39 is 0 Å². The van der Waals surface area contributed by atoms with E-state index in [0.29, 0.717) is 24.7 Å². The normalized spacial score (nSPS) is 11.0. The third-order valence-corrected chi connectivity index (χ3v) is 5.47.